The van der Waals surface area contributed by atoms with E-state index in [2.05, 4.69) is 0 Å². The number of β-lactam (4-membered cyclic amide) rings is 1. The van der Waals surface area contributed by atoms with Gasteiger partial charge >= 0.3 is 0 Å². The third kappa shape index (κ3) is 3.80. The van der Waals surface area contributed by atoms with Gasteiger partial charge in [-0.3, -0.25) is 9.69 Å². The number of halogens is 1. The SMILES string of the molecule is COCCOC[C@]1(F)C(=O)N(c2ccc(OC)cc2)[C@H]1[C@H]1COC(C)(C)O1. The second kappa shape index (κ2) is 7.71. The lowest BCUT2D eigenvalue weighted by Gasteiger charge is -2.52. The van der Waals surface area contributed by atoms with Gasteiger partial charge in [-0.1, -0.05) is 0 Å². The molecule has 0 aliphatic carbocycles. The fraction of sp³-hybridized carbons (Fsp3) is 0.632. The highest BCUT2D eigenvalue weighted by atomic mass is 19.1. The van der Waals surface area contributed by atoms with Crippen LogP contribution in [0.4, 0.5) is 10.1 Å². The second-order valence-electron chi connectivity index (χ2n) is 7.09. The van der Waals surface area contributed by atoms with Crippen molar-refractivity contribution in [3.63, 3.8) is 0 Å². The Morgan fingerprint density at radius 3 is 2.48 bits per heavy atom. The highest BCUT2D eigenvalue weighted by molar-refractivity contribution is 6.08. The van der Waals surface area contributed by atoms with Crippen molar-refractivity contribution in [1.82, 2.24) is 0 Å². The second-order valence-corrected chi connectivity index (χ2v) is 7.09. The topological polar surface area (TPSA) is 66.5 Å². The van der Waals surface area contributed by atoms with E-state index < -0.39 is 29.5 Å². The van der Waals surface area contributed by atoms with Crippen molar-refractivity contribution in [3.8, 4) is 5.75 Å². The molecule has 0 spiro atoms. The molecule has 3 atom stereocenters. The molecule has 2 aliphatic heterocycles. The zero-order chi connectivity index (χ0) is 19.7. The summed E-state index contributed by atoms with van der Waals surface area (Å²) in [5, 5.41) is 0. The number of alkyl halides is 1. The number of carbonyl (C=O) groups excluding carboxylic acids is 1. The number of nitrogens with zero attached hydrogens (tertiary/aromatic N) is 1. The first kappa shape index (κ1) is 20.0. The van der Waals surface area contributed by atoms with Crippen LogP contribution in [0.5, 0.6) is 5.75 Å². The van der Waals surface area contributed by atoms with Crippen LogP contribution in [0.2, 0.25) is 0 Å². The number of hydrogen-bond donors (Lipinski definition) is 0. The monoisotopic (exact) mass is 383 g/mol. The van der Waals surface area contributed by atoms with Gasteiger partial charge in [0.05, 0.1) is 33.5 Å². The van der Waals surface area contributed by atoms with Crippen molar-refractivity contribution in [2.45, 2.75) is 37.4 Å². The molecule has 7 nitrogen and oxygen atoms in total. The zero-order valence-corrected chi connectivity index (χ0v) is 16.1. The highest BCUT2D eigenvalue weighted by Crippen LogP contribution is 2.44. The molecular weight excluding hydrogens is 357 g/mol. The molecule has 0 bridgehead atoms. The molecule has 2 saturated heterocycles. The summed E-state index contributed by atoms with van der Waals surface area (Å²) in [6.45, 7) is 3.90. The van der Waals surface area contributed by atoms with Gasteiger partial charge in [-0.25, -0.2) is 4.39 Å². The molecule has 2 heterocycles. The lowest BCUT2D eigenvalue weighted by Crippen LogP contribution is -2.78. The predicted octanol–water partition coefficient (Wildman–Crippen LogP) is 1.93. The maximum absolute atomic E-state index is 15.7. The van der Waals surface area contributed by atoms with Gasteiger partial charge in [0, 0.05) is 12.8 Å². The van der Waals surface area contributed by atoms with Gasteiger partial charge in [0.1, 0.15) is 17.9 Å². The number of hydrogen-bond acceptors (Lipinski definition) is 6. The molecule has 2 aliphatic rings. The maximum atomic E-state index is 15.7. The van der Waals surface area contributed by atoms with Crippen molar-refractivity contribution in [2.75, 3.05) is 45.5 Å². The Hall–Kier alpha value is -1.74. The molecule has 1 amide bonds. The molecule has 1 aromatic carbocycles. The molecule has 0 aromatic heterocycles. The smallest absolute Gasteiger partial charge is 0.269 e. The molecular formula is C19H26FNO6. The molecule has 0 saturated carbocycles. The highest BCUT2D eigenvalue weighted by Gasteiger charge is 2.67. The van der Waals surface area contributed by atoms with E-state index in [1.807, 2.05) is 0 Å². The quantitative estimate of drug-likeness (QED) is 0.505. The molecule has 150 valence electrons. The molecule has 3 rings (SSSR count). The van der Waals surface area contributed by atoms with Crippen LogP contribution in [0.25, 0.3) is 0 Å². The van der Waals surface area contributed by atoms with E-state index in [1.165, 1.54) is 12.0 Å². The van der Waals surface area contributed by atoms with E-state index in [0.717, 1.165) is 0 Å². The Kier molecular flexibility index (Phi) is 5.71. The van der Waals surface area contributed by atoms with Crippen molar-refractivity contribution >= 4 is 11.6 Å². The van der Waals surface area contributed by atoms with Crippen molar-refractivity contribution in [2.24, 2.45) is 0 Å². The molecule has 0 unspecified atom stereocenters. The Morgan fingerprint density at radius 2 is 1.93 bits per heavy atom. The van der Waals surface area contributed by atoms with Crippen LogP contribution < -0.4 is 9.64 Å². The number of anilines is 1. The average molecular weight is 383 g/mol. The van der Waals surface area contributed by atoms with E-state index in [1.54, 1.807) is 45.2 Å². The molecule has 27 heavy (non-hydrogen) atoms. The van der Waals surface area contributed by atoms with E-state index in [-0.39, 0.29) is 19.8 Å². The average Bonchev–Trinajstić information content (AvgIpc) is 3.01. The summed E-state index contributed by atoms with van der Waals surface area (Å²) < 4.78 is 42.5. The zero-order valence-electron chi connectivity index (χ0n) is 16.1. The lowest BCUT2D eigenvalue weighted by molar-refractivity contribution is -0.170. The Balaban J connectivity index is 1.82. The van der Waals surface area contributed by atoms with Crippen LogP contribution >= 0.6 is 0 Å². The third-order valence-corrected chi connectivity index (χ3v) is 4.80. The number of ether oxygens (including phenoxy) is 5. The van der Waals surface area contributed by atoms with Crippen molar-refractivity contribution in [3.05, 3.63) is 24.3 Å². The summed E-state index contributed by atoms with van der Waals surface area (Å²) in [4.78, 5) is 14.2. The number of carbonyl (C=O) groups is 1. The minimum atomic E-state index is -2.18. The Bertz CT molecular complexity index is 667. The van der Waals surface area contributed by atoms with Crippen molar-refractivity contribution < 1.29 is 32.9 Å². The first-order chi connectivity index (χ1) is 12.8. The van der Waals surface area contributed by atoms with Crippen LogP contribution in [-0.2, 0) is 23.7 Å². The molecule has 8 heteroatoms. The van der Waals surface area contributed by atoms with Crippen LogP contribution in [-0.4, -0.2) is 70.2 Å². The molecule has 2 fully saturated rings. The summed E-state index contributed by atoms with van der Waals surface area (Å²) >= 11 is 0. The van der Waals surface area contributed by atoms with Gasteiger partial charge in [-0.15, -0.1) is 0 Å². The van der Waals surface area contributed by atoms with Gasteiger partial charge < -0.3 is 23.7 Å². The van der Waals surface area contributed by atoms with Crippen LogP contribution in [0, 0.1) is 0 Å². The molecule has 0 N–H and O–H groups in total. The van der Waals surface area contributed by atoms with Crippen LogP contribution in [0.3, 0.4) is 0 Å². The number of methoxy groups -OCH3 is 2. The van der Waals surface area contributed by atoms with Gasteiger partial charge in [0.2, 0.25) is 5.67 Å². The Labute approximate surface area is 158 Å². The summed E-state index contributed by atoms with van der Waals surface area (Å²) in [5.74, 6) is -0.824. The first-order valence-corrected chi connectivity index (χ1v) is 8.87. The Morgan fingerprint density at radius 1 is 1.22 bits per heavy atom. The minimum Gasteiger partial charge on any atom is -0.497 e. The lowest BCUT2D eigenvalue weighted by atomic mass is 9.80. The van der Waals surface area contributed by atoms with Gasteiger partial charge in [0.25, 0.3) is 5.91 Å². The van der Waals surface area contributed by atoms with E-state index in [9.17, 15) is 4.79 Å². The molecule has 0 radical (unpaired) electrons. The fourth-order valence-electron chi connectivity index (χ4n) is 3.45. The number of amides is 1. The van der Waals surface area contributed by atoms with Crippen LogP contribution in [0.15, 0.2) is 24.3 Å². The summed E-state index contributed by atoms with van der Waals surface area (Å²) in [5.41, 5.74) is -1.61. The normalized spacial score (nSPS) is 29.7. The summed E-state index contributed by atoms with van der Waals surface area (Å²) in [7, 11) is 3.09. The molecule has 1 aromatic rings. The number of benzene rings is 1. The number of rotatable bonds is 8. The van der Waals surface area contributed by atoms with Gasteiger partial charge in [-0.05, 0) is 38.1 Å². The largest absolute Gasteiger partial charge is 0.497 e. The summed E-state index contributed by atoms with van der Waals surface area (Å²) in [6, 6.07) is 6.04. The fourth-order valence-corrected chi connectivity index (χ4v) is 3.45. The van der Waals surface area contributed by atoms with Crippen LogP contribution in [0.1, 0.15) is 13.8 Å². The minimum absolute atomic E-state index is 0.196. The van der Waals surface area contributed by atoms with E-state index in [0.29, 0.717) is 18.0 Å². The first-order valence-electron chi connectivity index (χ1n) is 8.87. The third-order valence-electron chi connectivity index (χ3n) is 4.80. The van der Waals surface area contributed by atoms with Gasteiger partial charge in [0.15, 0.2) is 5.79 Å². The van der Waals surface area contributed by atoms with E-state index >= 15 is 4.39 Å². The van der Waals surface area contributed by atoms with Crippen molar-refractivity contribution in [1.29, 1.82) is 0 Å². The van der Waals surface area contributed by atoms with E-state index in [4.69, 9.17) is 23.7 Å². The predicted molar refractivity (Wildman–Crippen MR) is 95.7 cm³/mol. The standard InChI is InChI=1S/C19H26FNO6/c1-18(2)26-11-15(27-18)16-19(20,12-25-10-9-23-3)17(22)21(16)13-5-7-14(24-4)8-6-13/h5-8,15-16H,9-12H2,1-4H3/t15-,16+,19-/m1/s1. The maximum Gasteiger partial charge on any atom is 0.269 e. The van der Waals surface area contributed by atoms with Gasteiger partial charge in [-0.2, -0.15) is 0 Å². The summed E-state index contributed by atoms with van der Waals surface area (Å²) in [6.07, 6.45) is -0.601.